The minimum absolute atomic E-state index is 0.449. The molecule has 1 aromatic rings. The number of tetrazole rings is 1. The van der Waals surface area contributed by atoms with Crippen LogP contribution in [-0.2, 0) is 11.3 Å². The van der Waals surface area contributed by atoms with Crippen molar-refractivity contribution in [1.82, 2.24) is 25.5 Å². The molecule has 1 N–H and O–H groups in total. The van der Waals surface area contributed by atoms with E-state index in [0.29, 0.717) is 25.1 Å². The molecule has 1 aromatic heterocycles. The van der Waals surface area contributed by atoms with Crippen LogP contribution in [0.2, 0.25) is 0 Å². The zero-order chi connectivity index (χ0) is 13.7. The number of rotatable bonds is 6. The van der Waals surface area contributed by atoms with E-state index in [1.165, 1.54) is 19.3 Å². The van der Waals surface area contributed by atoms with E-state index >= 15 is 0 Å². The topological polar surface area (TPSA) is 64.9 Å². The lowest BCUT2D eigenvalue weighted by Crippen LogP contribution is -2.29. The van der Waals surface area contributed by atoms with Crippen LogP contribution in [0.3, 0.4) is 0 Å². The van der Waals surface area contributed by atoms with Gasteiger partial charge in [0.05, 0.1) is 19.2 Å². The van der Waals surface area contributed by atoms with Gasteiger partial charge in [0.1, 0.15) is 0 Å². The number of methoxy groups -OCH3 is 1. The van der Waals surface area contributed by atoms with Crippen molar-refractivity contribution in [2.45, 2.75) is 45.7 Å². The van der Waals surface area contributed by atoms with Crippen LogP contribution >= 0.6 is 0 Å². The summed E-state index contributed by atoms with van der Waals surface area (Å²) in [5, 5.41) is 15.5. The zero-order valence-electron chi connectivity index (χ0n) is 12.2. The van der Waals surface area contributed by atoms with Crippen LogP contribution in [0, 0.1) is 11.8 Å². The predicted molar refractivity (Wildman–Crippen MR) is 72.6 cm³/mol. The SMILES string of the molecule is COCCNCc1nnnn1C1CCC(C)CC1C. The van der Waals surface area contributed by atoms with Crippen LogP contribution in [-0.4, -0.2) is 40.5 Å². The molecule has 6 nitrogen and oxygen atoms in total. The number of nitrogens with zero attached hydrogens (tertiary/aromatic N) is 4. The number of hydrogen-bond donors (Lipinski definition) is 1. The zero-order valence-corrected chi connectivity index (χ0v) is 12.2. The van der Waals surface area contributed by atoms with E-state index in [9.17, 15) is 0 Å². The standard InChI is InChI=1S/C13H25N5O/c1-10-4-5-12(11(2)8-10)18-13(15-16-17-18)9-14-6-7-19-3/h10-12,14H,4-9H2,1-3H3. The molecule has 1 fully saturated rings. The Hall–Kier alpha value is -1.01. The molecule has 1 saturated carbocycles. The smallest absolute Gasteiger partial charge is 0.165 e. The highest BCUT2D eigenvalue weighted by atomic mass is 16.5. The highest BCUT2D eigenvalue weighted by Gasteiger charge is 2.29. The first-order valence-corrected chi connectivity index (χ1v) is 7.18. The Morgan fingerprint density at radius 3 is 2.95 bits per heavy atom. The van der Waals surface area contributed by atoms with Gasteiger partial charge in [0.15, 0.2) is 5.82 Å². The monoisotopic (exact) mass is 267 g/mol. The third kappa shape index (κ3) is 3.73. The molecule has 0 aliphatic heterocycles. The molecule has 6 heteroatoms. The van der Waals surface area contributed by atoms with Crippen LogP contribution in [0.25, 0.3) is 0 Å². The van der Waals surface area contributed by atoms with Crippen molar-refractivity contribution in [2.24, 2.45) is 11.8 Å². The first-order chi connectivity index (χ1) is 9.22. The summed E-state index contributed by atoms with van der Waals surface area (Å²) in [6, 6.07) is 0.449. The van der Waals surface area contributed by atoms with Gasteiger partial charge in [-0.2, -0.15) is 0 Å². The minimum atomic E-state index is 0.449. The molecule has 0 radical (unpaired) electrons. The molecule has 1 aliphatic rings. The molecule has 19 heavy (non-hydrogen) atoms. The fourth-order valence-corrected chi connectivity index (χ4v) is 2.97. The van der Waals surface area contributed by atoms with Crippen molar-refractivity contribution in [3.63, 3.8) is 0 Å². The van der Waals surface area contributed by atoms with Gasteiger partial charge in [0.25, 0.3) is 0 Å². The first kappa shape index (κ1) is 14.4. The summed E-state index contributed by atoms with van der Waals surface area (Å²) in [5.41, 5.74) is 0. The molecule has 0 spiro atoms. The second kappa shape index (κ2) is 6.96. The van der Waals surface area contributed by atoms with E-state index in [1.54, 1.807) is 7.11 Å². The van der Waals surface area contributed by atoms with E-state index in [4.69, 9.17) is 4.74 Å². The summed E-state index contributed by atoms with van der Waals surface area (Å²) in [6.45, 7) is 6.87. The number of ether oxygens (including phenoxy) is 1. The Bertz CT molecular complexity index is 381. The van der Waals surface area contributed by atoms with Gasteiger partial charge in [-0.3, -0.25) is 0 Å². The summed E-state index contributed by atoms with van der Waals surface area (Å²) in [6.07, 6.45) is 3.71. The Morgan fingerprint density at radius 2 is 2.21 bits per heavy atom. The lowest BCUT2D eigenvalue weighted by atomic mass is 9.80. The quantitative estimate of drug-likeness (QED) is 0.789. The maximum atomic E-state index is 5.02. The van der Waals surface area contributed by atoms with Crippen molar-refractivity contribution in [3.05, 3.63) is 5.82 Å². The normalized spacial score (nSPS) is 27.6. The second-order valence-electron chi connectivity index (χ2n) is 5.67. The van der Waals surface area contributed by atoms with Crippen LogP contribution < -0.4 is 5.32 Å². The van der Waals surface area contributed by atoms with E-state index in [-0.39, 0.29) is 0 Å². The third-order valence-electron chi connectivity index (χ3n) is 4.03. The summed E-state index contributed by atoms with van der Waals surface area (Å²) in [7, 11) is 1.70. The van der Waals surface area contributed by atoms with Crippen LogP contribution in [0.5, 0.6) is 0 Å². The Morgan fingerprint density at radius 1 is 1.37 bits per heavy atom. The fourth-order valence-electron chi connectivity index (χ4n) is 2.97. The summed E-state index contributed by atoms with van der Waals surface area (Å²) < 4.78 is 7.04. The lowest BCUT2D eigenvalue weighted by Gasteiger charge is -2.32. The van der Waals surface area contributed by atoms with Crippen LogP contribution in [0.4, 0.5) is 0 Å². The summed E-state index contributed by atoms with van der Waals surface area (Å²) in [5.74, 6) is 2.40. The fraction of sp³-hybridized carbons (Fsp3) is 0.923. The van der Waals surface area contributed by atoms with Crippen LogP contribution in [0.1, 0.15) is 45.0 Å². The van der Waals surface area contributed by atoms with Gasteiger partial charge in [-0.25, -0.2) is 4.68 Å². The van der Waals surface area contributed by atoms with E-state index in [0.717, 1.165) is 18.3 Å². The number of aromatic nitrogens is 4. The molecular weight excluding hydrogens is 242 g/mol. The van der Waals surface area contributed by atoms with Crippen LogP contribution in [0.15, 0.2) is 0 Å². The maximum Gasteiger partial charge on any atom is 0.165 e. The predicted octanol–water partition coefficient (Wildman–Crippen LogP) is 1.41. The van der Waals surface area contributed by atoms with Crippen molar-refractivity contribution < 1.29 is 4.74 Å². The average molecular weight is 267 g/mol. The molecule has 0 saturated heterocycles. The highest BCUT2D eigenvalue weighted by Crippen LogP contribution is 2.36. The van der Waals surface area contributed by atoms with Gasteiger partial charge >= 0.3 is 0 Å². The highest BCUT2D eigenvalue weighted by molar-refractivity contribution is 4.88. The van der Waals surface area contributed by atoms with Crippen molar-refractivity contribution in [1.29, 1.82) is 0 Å². The molecule has 2 rings (SSSR count). The lowest BCUT2D eigenvalue weighted by molar-refractivity contribution is 0.186. The molecule has 0 amide bonds. The van der Waals surface area contributed by atoms with Gasteiger partial charge in [-0.1, -0.05) is 13.8 Å². The number of nitrogens with one attached hydrogen (secondary N) is 1. The molecule has 1 aliphatic carbocycles. The van der Waals surface area contributed by atoms with Gasteiger partial charge in [0.2, 0.25) is 0 Å². The van der Waals surface area contributed by atoms with Gasteiger partial charge < -0.3 is 10.1 Å². The van der Waals surface area contributed by atoms with E-state index < -0.39 is 0 Å². The first-order valence-electron chi connectivity index (χ1n) is 7.18. The molecule has 0 aromatic carbocycles. The largest absolute Gasteiger partial charge is 0.383 e. The minimum Gasteiger partial charge on any atom is -0.383 e. The number of hydrogen-bond acceptors (Lipinski definition) is 5. The Balaban J connectivity index is 1.94. The summed E-state index contributed by atoms with van der Waals surface area (Å²) >= 11 is 0. The molecular formula is C13H25N5O. The van der Waals surface area contributed by atoms with Crippen molar-refractivity contribution in [2.75, 3.05) is 20.3 Å². The molecule has 0 bridgehead atoms. The average Bonchev–Trinajstić information content (AvgIpc) is 2.83. The van der Waals surface area contributed by atoms with Gasteiger partial charge in [0, 0.05) is 13.7 Å². The Labute approximate surface area is 114 Å². The molecule has 108 valence electrons. The molecule has 3 atom stereocenters. The third-order valence-corrected chi connectivity index (χ3v) is 4.03. The molecule has 3 unspecified atom stereocenters. The van der Waals surface area contributed by atoms with Gasteiger partial charge in [-0.05, 0) is 41.5 Å². The Kier molecular flexibility index (Phi) is 5.27. The van der Waals surface area contributed by atoms with E-state index in [2.05, 4.69) is 34.7 Å². The van der Waals surface area contributed by atoms with E-state index in [1.807, 2.05) is 4.68 Å². The summed E-state index contributed by atoms with van der Waals surface area (Å²) in [4.78, 5) is 0. The van der Waals surface area contributed by atoms with Crippen molar-refractivity contribution in [3.8, 4) is 0 Å². The van der Waals surface area contributed by atoms with Crippen molar-refractivity contribution >= 4 is 0 Å². The second-order valence-corrected chi connectivity index (χ2v) is 5.67. The van der Waals surface area contributed by atoms with Gasteiger partial charge in [-0.15, -0.1) is 5.10 Å². The molecule has 1 heterocycles. The maximum absolute atomic E-state index is 5.02.